The van der Waals surface area contributed by atoms with Crippen LogP contribution in [0.1, 0.15) is 16.7 Å². The second kappa shape index (κ2) is 5.27. The number of nitrogens with two attached hydrogens (primary N) is 1. The van der Waals surface area contributed by atoms with Crippen LogP contribution in [0, 0.1) is 13.8 Å². The van der Waals surface area contributed by atoms with Gasteiger partial charge in [-0.3, -0.25) is 0 Å². The Kier molecular flexibility index (Phi) is 3.52. The van der Waals surface area contributed by atoms with Crippen molar-refractivity contribution in [2.24, 2.45) is 0 Å². The molecule has 0 fully saturated rings. The lowest BCUT2D eigenvalue weighted by Gasteiger charge is -2.07. The molecule has 1 aromatic heterocycles. The summed E-state index contributed by atoms with van der Waals surface area (Å²) in [5, 5.41) is 0. The summed E-state index contributed by atoms with van der Waals surface area (Å²) in [5.41, 5.74) is 8.74. The van der Waals surface area contributed by atoms with Crippen LogP contribution in [0.2, 0.25) is 0 Å². The number of nitrogens with one attached hydrogen (secondary N) is 1. The molecule has 0 saturated heterocycles. The number of imidazole rings is 1. The zero-order valence-electron chi connectivity index (χ0n) is 12.8. The van der Waals surface area contributed by atoms with Crippen LogP contribution in [0.25, 0.3) is 11.0 Å². The van der Waals surface area contributed by atoms with E-state index in [4.69, 9.17) is 5.73 Å². The zero-order valence-corrected chi connectivity index (χ0v) is 13.6. The lowest BCUT2D eigenvalue weighted by molar-refractivity contribution is 0.586. The predicted molar refractivity (Wildman–Crippen MR) is 90.9 cm³/mol. The topological polar surface area (TPSA) is 98.0 Å². The van der Waals surface area contributed by atoms with E-state index in [1.165, 1.54) is 0 Å². The largest absolute Gasteiger partial charge is 0.398 e. The molecule has 2 aromatic carbocycles. The molecule has 0 radical (unpaired) electrons. The van der Waals surface area contributed by atoms with Crippen LogP contribution in [-0.4, -0.2) is 17.4 Å². The van der Waals surface area contributed by atoms with Gasteiger partial charge in [-0.25, -0.2) is 13.2 Å². The highest BCUT2D eigenvalue weighted by Gasteiger charge is 2.21. The third kappa shape index (κ3) is 2.75. The number of aromatic nitrogens is 2. The maximum atomic E-state index is 12.7. The van der Waals surface area contributed by atoms with E-state index in [1.54, 1.807) is 31.2 Å². The fourth-order valence-corrected chi connectivity index (χ4v) is 3.98. The molecular weight excluding hydrogens is 314 g/mol. The molecule has 0 spiro atoms. The summed E-state index contributed by atoms with van der Waals surface area (Å²) in [7, 11) is -3.84. The Morgan fingerprint density at radius 3 is 2.43 bits per heavy atom. The van der Waals surface area contributed by atoms with Gasteiger partial charge >= 0.3 is 5.69 Å². The first-order valence-electron chi connectivity index (χ1n) is 7.07. The molecule has 0 aliphatic carbocycles. The van der Waals surface area contributed by atoms with Gasteiger partial charge in [0.25, 0.3) is 0 Å². The summed E-state index contributed by atoms with van der Waals surface area (Å²) in [5.74, 6) is -0.246. The SMILES string of the molecule is Cc1ccc(CS(=O)(=O)n2c(=O)[nH]c3cc(N)c(C)cc32)cc1. The second-order valence-electron chi connectivity index (χ2n) is 5.66. The van der Waals surface area contributed by atoms with Crippen LogP contribution in [0.15, 0.2) is 41.2 Å². The molecule has 7 heteroatoms. The zero-order chi connectivity index (χ0) is 16.8. The first kappa shape index (κ1) is 15.4. The van der Waals surface area contributed by atoms with Gasteiger partial charge in [-0.2, -0.15) is 3.97 Å². The molecule has 3 N–H and O–H groups in total. The summed E-state index contributed by atoms with van der Waals surface area (Å²) >= 11 is 0. The normalized spacial score (nSPS) is 11.9. The Morgan fingerprint density at radius 1 is 1.13 bits per heavy atom. The molecule has 3 rings (SSSR count). The molecule has 0 unspecified atom stereocenters. The van der Waals surface area contributed by atoms with Gasteiger partial charge in [0.1, 0.15) is 0 Å². The average molecular weight is 331 g/mol. The molecule has 3 aromatic rings. The summed E-state index contributed by atoms with van der Waals surface area (Å²) < 4.78 is 26.2. The van der Waals surface area contributed by atoms with Crippen LogP contribution < -0.4 is 11.4 Å². The second-order valence-corrected chi connectivity index (χ2v) is 7.48. The molecule has 0 amide bonds. The number of aryl methyl sites for hydroxylation is 2. The van der Waals surface area contributed by atoms with Gasteiger partial charge in [-0.15, -0.1) is 0 Å². The van der Waals surface area contributed by atoms with Crippen molar-refractivity contribution in [1.29, 1.82) is 0 Å². The van der Waals surface area contributed by atoms with Gasteiger partial charge in [0.05, 0.1) is 16.8 Å². The van der Waals surface area contributed by atoms with E-state index in [-0.39, 0.29) is 5.75 Å². The van der Waals surface area contributed by atoms with Gasteiger partial charge in [0.2, 0.25) is 10.0 Å². The number of hydrogen-bond acceptors (Lipinski definition) is 4. The van der Waals surface area contributed by atoms with Gasteiger partial charge in [0, 0.05) is 5.69 Å². The number of anilines is 1. The molecule has 0 bridgehead atoms. The van der Waals surface area contributed by atoms with Crippen molar-refractivity contribution < 1.29 is 8.42 Å². The van der Waals surface area contributed by atoms with Crippen molar-refractivity contribution in [2.75, 3.05) is 5.73 Å². The summed E-state index contributed by atoms with van der Waals surface area (Å²) in [6.07, 6.45) is 0. The number of nitrogens with zero attached hydrogens (tertiary/aromatic N) is 1. The van der Waals surface area contributed by atoms with Crippen molar-refractivity contribution in [1.82, 2.24) is 8.96 Å². The Bertz CT molecular complexity index is 1040. The van der Waals surface area contributed by atoms with E-state index in [0.29, 0.717) is 22.3 Å². The standard InChI is InChI=1S/C16H17N3O3S/c1-10-3-5-12(6-4-10)9-23(21,22)19-15-7-11(2)13(17)8-14(15)18-16(19)20/h3-8H,9,17H2,1-2H3,(H,18,20). The van der Waals surface area contributed by atoms with Gasteiger partial charge in [-0.05, 0) is 37.1 Å². The van der Waals surface area contributed by atoms with Crippen LogP contribution in [-0.2, 0) is 15.8 Å². The third-order valence-electron chi connectivity index (χ3n) is 3.78. The van der Waals surface area contributed by atoms with Crippen molar-refractivity contribution in [3.63, 3.8) is 0 Å². The molecule has 0 aliphatic rings. The molecule has 120 valence electrons. The Labute approximate surface area is 133 Å². The number of fused-ring (bicyclic) bond motifs is 1. The molecule has 6 nitrogen and oxygen atoms in total. The highest BCUT2D eigenvalue weighted by molar-refractivity contribution is 7.89. The average Bonchev–Trinajstić information content (AvgIpc) is 2.77. The number of H-pyrrole nitrogens is 1. The first-order valence-corrected chi connectivity index (χ1v) is 8.68. The van der Waals surface area contributed by atoms with Crippen LogP contribution >= 0.6 is 0 Å². The highest BCUT2D eigenvalue weighted by Crippen LogP contribution is 2.21. The minimum Gasteiger partial charge on any atom is -0.398 e. The number of benzene rings is 2. The summed E-state index contributed by atoms with van der Waals surface area (Å²) in [4.78, 5) is 14.7. The molecule has 23 heavy (non-hydrogen) atoms. The predicted octanol–water partition coefficient (Wildman–Crippen LogP) is 1.91. The Balaban J connectivity index is 2.14. The Hall–Kier alpha value is -2.54. The van der Waals surface area contributed by atoms with E-state index >= 15 is 0 Å². The van der Waals surface area contributed by atoms with Gasteiger partial charge < -0.3 is 10.7 Å². The number of hydrogen-bond donors (Lipinski definition) is 2. The van der Waals surface area contributed by atoms with Crippen molar-refractivity contribution in [3.8, 4) is 0 Å². The number of rotatable bonds is 3. The smallest absolute Gasteiger partial charge is 0.340 e. The molecule has 1 heterocycles. The first-order chi connectivity index (χ1) is 10.8. The monoisotopic (exact) mass is 331 g/mol. The lowest BCUT2D eigenvalue weighted by atomic mass is 10.2. The van der Waals surface area contributed by atoms with E-state index in [1.807, 2.05) is 19.1 Å². The summed E-state index contributed by atoms with van der Waals surface area (Å²) in [6.45, 7) is 3.69. The van der Waals surface area contributed by atoms with Crippen molar-refractivity contribution >= 4 is 26.7 Å². The quantitative estimate of drug-likeness (QED) is 0.716. The number of nitrogen functional groups attached to an aromatic ring is 1. The van der Waals surface area contributed by atoms with Crippen LogP contribution in [0.4, 0.5) is 5.69 Å². The minimum atomic E-state index is -3.84. The number of aromatic amines is 1. The Morgan fingerprint density at radius 2 is 1.78 bits per heavy atom. The van der Waals surface area contributed by atoms with E-state index in [9.17, 15) is 13.2 Å². The van der Waals surface area contributed by atoms with Crippen LogP contribution in [0.5, 0.6) is 0 Å². The third-order valence-corrected chi connectivity index (χ3v) is 5.39. The maximum Gasteiger partial charge on any atom is 0.340 e. The fourth-order valence-electron chi connectivity index (χ4n) is 2.49. The highest BCUT2D eigenvalue weighted by atomic mass is 32.2. The molecule has 0 saturated carbocycles. The maximum absolute atomic E-state index is 12.7. The van der Waals surface area contributed by atoms with E-state index < -0.39 is 15.7 Å². The van der Waals surface area contributed by atoms with E-state index in [0.717, 1.165) is 15.1 Å². The van der Waals surface area contributed by atoms with Gasteiger partial charge in [0.15, 0.2) is 0 Å². The summed E-state index contributed by atoms with van der Waals surface area (Å²) in [6, 6.07) is 10.4. The lowest BCUT2D eigenvalue weighted by Crippen LogP contribution is -2.26. The minimum absolute atomic E-state index is 0.246. The molecule has 0 atom stereocenters. The molecule has 0 aliphatic heterocycles. The van der Waals surface area contributed by atoms with Crippen molar-refractivity contribution in [2.45, 2.75) is 19.6 Å². The van der Waals surface area contributed by atoms with E-state index in [2.05, 4.69) is 4.98 Å². The fraction of sp³-hybridized carbons (Fsp3) is 0.188. The van der Waals surface area contributed by atoms with Crippen LogP contribution in [0.3, 0.4) is 0 Å². The van der Waals surface area contributed by atoms with Gasteiger partial charge in [-0.1, -0.05) is 29.8 Å². The van der Waals surface area contributed by atoms with Crippen molar-refractivity contribution in [3.05, 3.63) is 63.6 Å². The molecular formula is C16H17N3O3S.